The largest absolute Gasteiger partial charge is 0.369 e. The maximum atomic E-state index is 12.5. The Labute approximate surface area is 136 Å². The molecule has 1 atom stereocenters. The summed E-state index contributed by atoms with van der Waals surface area (Å²) in [5, 5.41) is 5.09. The lowest BCUT2D eigenvalue weighted by Gasteiger charge is -2.35. The average molecular weight is 337 g/mol. The van der Waals surface area contributed by atoms with E-state index in [0.717, 1.165) is 35.4 Å². The van der Waals surface area contributed by atoms with Crippen LogP contribution in [0, 0.1) is 6.92 Å². The number of nitrogens with zero attached hydrogens (tertiary/aromatic N) is 5. The Balaban J connectivity index is 2.00. The Morgan fingerprint density at radius 2 is 2.09 bits per heavy atom. The van der Waals surface area contributed by atoms with Crippen LogP contribution in [0.5, 0.6) is 0 Å². The smallest absolute Gasteiger partial charge is 0.218 e. The Bertz CT molecular complexity index is 828. The highest BCUT2D eigenvalue weighted by atomic mass is 32.2. The molecule has 7 nitrogen and oxygen atoms in total. The van der Waals surface area contributed by atoms with Gasteiger partial charge in [0.2, 0.25) is 10.0 Å². The first-order valence-electron chi connectivity index (χ1n) is 7.77. The summed E-state index contributed by atoms with van der Waals surface area (Å²) in [5.41, 5.74) is 2.78. The van der Waals surface area contributed by atoms with Gasteiger partial charge in [0, 0.05) is 40.4 Å². The standard InChI is InChI=1S/C15H23N5O2S/c1-11-14-13(7-8-16-15(14)19(4)17-11)20-9-5-6-12(10-20)23(21,22)18(2)3/h7-8,12H,5-6,9-10H2,1-4H3/t12-/m1/s1. The van der Waals surface area contributed by atoms with Crippen molar-refractivity contribution in [3.8, 4) is 0 Å². The Hall–Kier alpha value is -1.67. The van der Waals surface area contributed by atoms with E-state index in [4.69, 9.17) is 0 Å². The van der Waals surface area contributed by atoms with E-state index >= 15 is 0 Å². The second-order valence-electron chi connectivity index (χ2n) is 6.28. The van der Waals surface area contributed by atoms with Crippen molar-refractivity contribution in [3.63, 3.8) is 0 Å². The maximum absolute atomic E-state index is 12.5. The van der Waals surface area contributed by atoms with Gasteiger partial charge in [0.25, 0.3) is 0 Å². The molecule has 8 heteroatoms. The van der Waals surface area contributed by atoms with Crippen LogP contribution >= 0.6 is 0 Å². The molecule has 0 unspecified atom stereocenters. The van der Waals surface area contributed by atoms with Gasteiger partial charge < -0.3 is 4.90 Å². The number of hydrogen-bond donors (Lipinski definition) is 0. The van der Waals surface area contributed by atoms with Gasteiger partial charge in [0.05, 0.1) is 22.0 Å². The van der Waals surface area contributed by atoms with Gasteiger partial charge in [-0.25, -0.2) is 17.7 Å². The lowest BCUT2D eigenvalue weighted by Crippen LogP contribution is -2.46. The third-order valence-corrected chi connectivity index (χ3v) is 6.77. The third kappa shape index (κ3) is 2.70. The normalized spacial score (nSPS) is 19.7. The molecule has 0 aliphatic carbocycles. The highest BCUT2D eigenvalue weighted by Gasteiger charge is 2.33. The summed E-state index contributed by atoms with van der Waals surface area (Å²) >= 11 is 0. The quantitative estimate of drug-likeness (QED) is 0.840. The predicted molar refractivity (Wildman–Crippen MR) is 91.1 cm³/mol. The first kappa shape index (κ1) is 16.2. The van der Waals surface area contributed by atoms with Crippen LogP contribution in [0.25, 0.3) is 11.0 Å². The Kier molecular flexibility index (Phi) is 4.05. The highest BCUT2D eigenvalue weighted by Crippen LogP contribution is 2.31. The van der Waals surface area contributed by atoms with Gasteiger partial charge in [-0.1, -0.05) is 0 Å². The number of piperidine rings is 1. The SMILES string of the molecule is Cc1nn(C)c2nccc(N3CCC[C@@H](S(=O)(=O)N(C)C)C3)c12. The maximum Gasteiger partial charge on any atom is 0.218 e. The molecular weight excluding hydrogens is 314 g/mol. The molecule has 126 valence electrons. The van der Waals surface area contributed by atoms with Gasteiger partial charge in [-0.2, -0.15) is 5.10 Å². The number of sulfonamides is 1. The number of fused-ring (bicyclic) bond motifs is 1. The molecule has 1 fully saturated rings. The number of pyridine rings is 1. The lowest BCUT2D eigenvalue weighted by molar-refractivity contribution is 0.479. The van der Waals surface area contributed by atoms with Crippen molar-refractivity contribution in [2.75, 3.05) is 32.1 Å². The van der Waals surface area contributed by atoms with E-state index in [1.807, 2.05) is 20.0 Å². The van der Waals surface area contributed by atoms with Crippen LogP contribution in [-0.4, -0.2) is 59.9 Å². The molecular formula is C15H23N5O2S. The molecule has 2 aromatic rings. The number of aryl methyl sites for hydroxylation is 2. The summed E-state index contributed by atoms with van der Waals surface area (Å²) in [6.07, 6.45) is 3.33. The van der Waals surface area contributed by atoms with E-state index in [1.54, 1.807) is 25.0 Å². The van der Waals surface area contributed by atoms with Crippen LogP contribution in [-0.2, 0) is 17.1 Å². The fraction of sp³-hybridized carbons (Fsp3) is 0.600. The molecule has 23 heavy (non-hydrogen) atoms. The monoisotopic (exact) mass is 337 g/mol. The van der Waals surface area contributed by atoms with Gasteiger partial charge in [-0.15, -0.1) is 0 Å². The Morgan fingerprint density at radius 1 is 1.35 bits per heavy atom. The summed E-state index contributed by atoms with van der Waals surface area (Å²) in [4.78, 5) is 6.56. The van der Waals surface area contributed by atoms with Gasteiger partial charge in [0.15, 0.2) is 5.65 Å². The van der Waals surface area contributed by atoms with E-state index in [9.17, 15) is 8.42 Å². The van der Waals surface area contributed by atoms with Crippen LogP contribution in [0.15, 0.2) is 12.3 Å². The van der Waals surface area contributed by atoms with Crippen LogP contribution in [0.4, 0.5) is 5.69 Å². The molecule has 1 aliphatic rings. The number of hydrogen-bond acceptors (Lipinski definition) is 5. The summed E-state index contributed by atoms with van der Waals surface area (Å²) in [5.74, 6) is 0. The van der Waals surface area contributed by atoms with Crippen molar-refractivity contribution >= 4 is 26.7 Å². The van der Waals surface area contributed by atoms with Gasteiger partial charge >= 0.3 is 0 Å². The zero-order valence-electron chi connectivity index (χ0n) is 14.0. The summed E-state index contributed by atoms with van der Waals surface area (Å²) in [6, 6.07) is 1.96. The molecule has 3 heterocycles. The van der Waals surface area contributed by atoms with E-state index in [2.05, 4.69) is 15.0 Å². The van der Waals surface area contributed by atoms with E-state index in [1.165, 1.54) is 4.31 Å². The van der Waals surface area contributed by atoms with Crippen LogP contribution in [0.2, 0.25) is 0 Å². The van der Waals surface area contributed by atoms with E-state index < -0.39 is 10.0 Å². The molecule has 1 saturated heterocycles. The fourth-order valence-electron chi connectivity index (χ4n) is 3.32. The molecule has 0 spiro atoms. The second-order valence-corrected chi connectivity index (χ2v) is 8.70. The minimum absolute atomic E-state index is 0.369. The van der Waals surface area contributed by atoms with Crippen molar-refractivity contribution in [1.82, 2.24) is 19.1 Å². The second kappa shape index (κ2) is 5.76. The van der Waals surface area contributed by atoms with Crippen molar-refractivity contribution in [3.05, 3.63) is 18.0 Å². The molecule has 0 radical (unpaired) electrons. The van der Waals surface area contributed by atoms with Crippen molar-refractivity contribution in [2.24, 2.45) is 7.05 Å². The van der Waals surface area contributed by atoms with Crippen LogP contribution in [0.1, 0.15) is 18.5 Å². The third-order valence-electron chi connectivity index (χ3n) is 4.53. The first-order chi connectivity index (χ1) is 10.8. The number of anilines is 1. The topological polar surface area (TPSA) is 71.3 Å². The molecule has 0 amide bonds. The molecule has 0 N–H and O–H groups in total. The van der Waals surface area contributed by atoms with Gasteiger partial charge in [-0.3, -0.25) is 4.68 Å². The van der Waals surface area contributed by atoms with E-state index in [0.29, 0.717) is 13.0 Å². The fourth-order valence-corrected chi connectivity index (χ4v) is 4.75. The molecule has 1 aliphatic heterocycles. The van der Waals surface area contributed by atoms with E-state index in [-0.39, 0.29) is 5.25 Å². The summed E-state index contributed by atoms with van der Waals surface area (Å²) < 4.78 is 28.0. The first-order valence-corrected chi connectivity index (χ1v) is 9.27. The minimum Gasteiger partial charge on any atom is -0.369 e. The average Bonchev–Trinajstić information content (AvgIpc) is 2.82. The van der Waals surface area contributed by atoms with Crippen LogP contribution < -0.4 is 4.90 Å². The number of rotatable bonds is 3. The molecule has 0 aromatic carbocycles. The van der Waals surface area contributed by atoms with Gasteiger partial charge in [0.1, 0.15) is 0 Å². The highest BCUT2D eigenvalue weighted by molar-refractivity contribution is 7.89. The zero-order chi connectivity index (χ0) is 16.8. The van der Waals surface area contributed by atoms with Crippen molar-refractivity contribution in [2.45, 2.75) is 25.0 Å². The zero-order valence-corrected chi connectivity index (χ0v) is 14.8. The van der Waals surface area contributed by atoms with Crippen LogP contribution in [0.3, 0.4) is 0 Å². The number of aromatic nitrogens is 3. The lowest BCUT2D eigenvalue weighted by atomic mass is 10.1. The molecule has 2 aromatic heterocycles. The van der Waals surface area contributed by atoms with Crippen molar-refractivity contribution in [1.29, 1.82) is 0 Å². The summed E-state index contributed by atoms with van der Waals surface area (Å²) in [7, 11) is 1.84. The predicted octanol–water partition coefficient (Wildman–Crippen LogP) is 1.14. The van der Waals surface area contributed by atoms with Crippen molar-refractivity contribution < 1.29 is 8.42 Å². The Morgan fingerprint density at radius 3 is 2.78 bits per heavy atom. The molecule has 0 bridgehead atoms. The van der Waals surface area contributed by atoms with Gasteiger partial charge in [-0.05, 0) is 25.8 Å². The molecule has 3 rings (SSSR count). The molecule has 0 saturated carbocycles. The minimum atomic E-state index is -3.24. The summed E-state index contributed by atoms with van der Waals surface area (Å²) in [6.45, 7) is 3.33.